The predicted molar refractivity (Wildman–Crippen MR) is 65.7 cm³/mol. The van der Waals surface area contributed by atoms with Crippen molar-refractivity contribution in [2.45, 2.75) is 12.5 Å². The normalized spacial score (nSPS) is 13.9. The van der Waals surface area contributed by atoms with E-state index in [0.717, 1.165) is 11.3 Å². The van der Waals surface area contributed by atoms with Gasteiger partial charge in [0.25, 0.3) is 0 Å². The molecule has 0 amide bonds. The number of hydrogen-bond donors (Lipinski definition) is 1. The van der Waals surface area contributed by atoms with Crippen LogP contribution in [0.25, 0.3) is 11.3 Å². The standard InChI is InChI=1S/C14H14O4/c1-14(16,13(15)17-2)11-7-5-10(6-8-11)12-4-3-9-18-12/h3-9,16H,1-2H3. The number of esters is 1. The highest BCUT2D eigenvalue weighted by molar-refractivity contribution is 5.80. The summed E-state index contributed by atoms with van der Waals surface area (Å²) in [5.41, 5.74) is -0.287. The maximum absolute atomic E-state index is 11.5. The lowest BCUT2D eigenvalue weighted by atomic mass is 9.95. The van der Waals surface area contributed by atoms with E-state index in [-0.39, 0.29) is 0 Å². The van der Waals surface area contributed by atoms with Crippen LogP contribution in [-0.2, 0) is 15.1 Å². The Morgan fingerprint density at radius 1 is 1.28 bits per heavy atom. The zero-order valence-corrected chi connectivity index (χ0v) is 10.2. The number of ether oxygens (including phenoxy) is 1. The molecule has 1 heterocycles. The van der Waals surface area contributed by atoms with Crippen LogP contribution in [0.5, 0.6) is 0 Å². The quantitative estimate of drug-likeness (QED) is 0.844. The predicted octanol–water partition coefficient (Wildman–Crippen LogP) is 2.33. The second kappa shape index (κ2) is 4.66. The van der Waals surface area contributed by atoms with Crippen molar-refractivity contribution in [1.29, 1.82) is 0 Å². The smallest absolute Gasteiger partial charge is 0.342 e. The summed E-state index contributed by atoms with van der Waals surface area (Å²) in [6.07, 6.45) is 1.59. The minimum atomic E-state index is -1.64. The van der Waals surface area contributed by atoms with Gasteiger partial charge in [-0.2, -0.15) is 0 Å². The van der Waals surface area contributed by atoms with Gasteiger partial charge in [0.15, 0.2) is 5.60 Å². The highest BCUT2D eigenvalue weighted by Crippen LogP contribution is 2.26. The Morgan fingerprint density at radius 2 is 1.94 bits per heavy atom. The molecule has 4 heteroatoms. The molecule has 0 aliphatic rings. The maximum atomic E-state index is 11.5. The molecule has 4 nitrogen and oxygen atoms in total. The number of carbonyl (C=O) groups excluding carboxylic acids is 1. The van der Waals surface area contributed by atoms with E-state index in [1.807, 2.05) is 6.07 Å². The molecule has 0 aliphatic carbocycles. The number of carbonyl (C=O) groups is 1. The average molecular weight is 246 g/mol. The third kappa shape index (κ3) is 2.15. The zero-order valence-electron chi connectivity index (χ0n) is 10.2. The Bertz CT molecular complexity index is 523. The molecular weight excluding hydrogens is 232 g/mol. The number of hydrogen-bond acceptors (Lipinski definition) is 4. The summed E-state index contributed by atoms with van der Waals surface area (Å²) in [6, 6.07) is 10.6. The highest BCUT2D eigenvalue weighted by Gasteiger charge is 2.33. The van der Waals surface area contributed by atoms with Crippen LogP contribution in [0, 0.1) is 0 Å². The number of methoxy groups -OCH3 is 1. The summed E-state index contributed by atoms with van der Waals surface area (Å²) in [5, 5.41) is 10.1. The van der Waals surface area contributed by atoms with Crippen molar-refractivity contribution >= 4 is 5.97 Å². The summed E-state index contributed by atoms with van der Waals surface area (Å²) in [7, 11) is 1.24. The monoisotopic (exact) mass is 246 g/mol. The Hall–Kier alpha value is -2.07. The van der Waals surface area contributed by atoms with E-state index in [2.05, 4.69) is 4.74 Å². The Kier molecular flexibility index (Phi) is 3.21. The van der Waals surface area contributed by atoms with Gasteiger partial charge in [-0.1, -0.05) is 24.3 Å². The van der Waals surface area contributed by atoms with E-state index >= 15 is 0 Å². The molecule has 94 valence electrons. The fraction of sp³-hybridized carbons (Fsp3) is 0.214. The van der Waals surface area contributed by atoms with Gasteiger partial charge in [0.2, 0.25) is 0 Å². The van der Waals surface area contributed by atoms with Crippen LogP contribution in [0.2, 0.25) is 0 Å². The van der Waals surface area contributed by atoms with Gasteiger partial charge < -0.3 is 14.3 Å². The molecule has 1 atom stereocenters. The van der Waals surface area contributed by atoms with Crippen LogP contribution in [0.15, 0.2) is 47.1 Å². The zero-order chi connectivity index (χ0) is 13.2. The molecule has 2 rings (SSSR count). The van der Waals surface area contributed by atoms with Gasteiger partial charge in [0.05, 0.1) is 13.4 Å². The van der Waals surface area contributed by atoms with Crippen molar-refractivity contribution in [3.63, 3.8) is 0 Å². The van der Waals surface area contributed by atoms with Gasteiger partial charge in [-0.15, -0.1) is 0 Å². The largest absolute Gasteiger partial charge is 0.467 e. The molecule has 0 fully saturated rings. The molecule has 1 aromatic heterocycles. The summed E-state index contributed by atoms with van der Waals surface area (Å²) in [6.45, 7) is 1.40. The molecule has 0 bridgehead atoms. The number of aliphatic hydroxyl groups is 1. The molecule has 1 unspecified atom stereocenters. The van der Waals surface area contributed by atoms with Crippen molar-refractivity contribution in [2.24, 2.45) is 0 Å². The van der Waals surface area contributed by atoms with E-state index < -0.39 is 11.6 Å². The van der Waals surface area contributed by atoms with Crippen molar-refractivity contribution < 1.29 is 19.1 Å². The van der Waals surface area contributed by atoms with Gasteiger partial charge in [-0.05, 0) is 24.6 Å². The third-order valence-corrected chi connectivity index (χ3v) is 2.84. The van der Waals surface area contributed by atoms with E-state index in [4.69, 9.17) is 4.42 Å². The summed E-state index contributed by atoms with van der Waals surface area (Å²) in [4.78, 5) is 11.5. The van der Waals surface area contributed by atoms with E-state index in [1.165, 1.54) is 14.0 Å². The lowest BCUT2D eigenvalue weighted by Crippen LogP contribution is -2.33. The molecule has 1 N–H and O–H groups in total. The maximum Gasteiger partial charge on any atom is 0.342 e. The molecule has 0 saturated carbocycles. The molecule has 0 radical (unpaired) electrons. The fourth-order valence-electron chi connectivity index (χ4n) is 1.72. The molecule has 0 spiro atoms. The first-order valence-electron chi connectivity index (χ1n) is 5.51. The fourth-order valence-corrected chi connectivity index (χ4v) is 1.72. The van der Waals surface area contributed by atoms with Crippen LogP contribution in [0.4, 0.5) is 0 Å². The number of benzene rings is 1. The minimum absolute atomic E-state index is 0.477. The molecule has 1 aromatic carbocycles. The molecule has 0 saturated heterocycles. The SMILES string of the molecule is COC(=O)C(C)(O)c1ccc(-c2ccco2)cc1. The van der Waals surface area contributed by atoms with Gasteiger partial charge in [-0.25, -0.2) is 4.79 Å². The summed E-state index contributed by atoms with van der Waals surface area (Å²) in [5.74, 6) is 0.0486. The Balaban J connectivity index is 2.30. The third-order valence-electron chi connectivity index (χ3n) is 2.84. The molecular formula is C14H14O4. The van der Waals surface area contributed by atoms with Crippen LogP contribution in [-0.4, -0.2) is 18.2 Å². The van der Waals surface area contributed by atoms with Crippen LogP contribution < -0.4 is 0 Å². The molecule has 0 aliphatic heterocycles. The number of rotatable bonds is 3. The molecule has 18 heavy (non-hydrogen) atoms. The second-order valence-corrected chi connectivity index (χ2v) is 4.12. The van der Waals surface area contributed by atoms with Crippen molar-refractivity contribution in [2.75, 3.05) is 7.11 Å². The lowest BCUT2D eigenvalue weighted by Gasteiger charge is -2.20. The van der Waals surface area contributed by atoms with Crippen LogP contribution in [0.3, 0.4) is 0 Å². The number of furan rings is 1. The van der Waals surface area contributed by atoms with Crippen molar-refractivity contribution in [3.05, 3.63) is 48.2 Å². The molecule has 2 aromatic rings. The topological polar surface area (TPSA) is 59.7 Å². The first-order chi connectivity index (χ1) is 8.55. The van der Waals surface area contributed by atoms with E-state index in [9.17, 15) is 9.90 Å². The van der Waals surface area contributed by atoms with Gasteiger partial charge in [0.1, 0.15) is 5.76 Å². The van der Waals surface area contributed by atoms with Crippen LogP contribution in [0.1, 0.15) is 12.5 Å². The lowest BCUT2D eigenvalue weighted by molar-refractivity contribution is -0.161. The summed E-state index contributed by atoms with van der Waals surface area (Å²) >= 11 is 0. The van der Waals surface area contributed by atoms with Crippen molar-refractivity contribution in [1.82, 2.24) is 0 Å². The first kappa shape index (κ1) is 12.4. The highest BCUT2D eigenvalue weighted by atomic mass is 16.5. The van der Waals surface area contributed by atoms with Gasteiger partial charge in [0, 0.05) is 5.56 Å². The Morgan fingerprint density at radius 3 is 2.44 bits per heavy atom. The Labute approximate surface area is 105 Å². The van der Waals surface area contributed by atoms with Crippen LogP contribution >= 0.6 is 0 Å². The average Bonchev–Trinajstić information content (AvgIpc) is 2.91. The van der Waals surface area contributed by atoms with E-state index in [0.29, 0.717) is 5.56 Å². The summed E-state index contributed by atoms with van der Waals surface area (Å²) < 4.78 is 9.82. The van der Waals surface area contributed by atoms with E-state index in [1.54, 1.807) is 36.6 Å². The van der Waals surface area contributed by atoms with Gasteiger partial charge in [-0.3, -0.25) is 0 Å². The van der Waals surface area contributed by atoms with Gasteiger partial charge >= 0.3 is 5.97 Å². The minimum Gasteiger partial charge on any atom is -0.467 e. The second-order valence-electron chi connectivity index (χ2n) is 4.12. The first-order valence-corrected chi connectivity index (χ1v) is 5.51. The van der Waals surface area contributed by atoms with Crippen molar-refractivity contribution in [3.8, 4) is 11.3 Å².